The molecule has 0 saturated carbocycles. The van der Waals surface area contributed by atoms with Crippen molar-refractivity contribution >= 4 is 33.2 Å². The van der Waals surface area contributed by atoms with Gasteiger partial charge in [-0.25, -0.2) is 4.98 Å². The number of aryl methyl sites for hydroxylation is 3. The van der Waals surface area contributed by atoms with Crippen molar-refractivity contribution in [3.05, 3.63) is 62.0 Å². The van der Waals surface area contributed by atoms with Crippen LogP contribution in [0.2, 0.25) is 0 Å². The lowest BCUT2D eigenvalue weighted by atomic mass is 10.1. The van der Waals surface area contributed by atoms with E-state index in [0.717, 1.165) is 40.1 Å². The van der Waals surface area contributed by atoms with Gasteiger partial charge < -0.3 is 0 Å². The molecule has 1 aliphatic heterocycles. The summed E-state index contributed by atoms with van der Waals surface area (Å²) in [5, 5.41) is 0.799. The van der Waals surface area contributed by atoms with Gasteiger partial charge in [-0.1, -0.05) is 29.8 Å². The number of nitrogens with zero attached hydrogens (tertiary/aromatic N) is 2. The van der Waals surface area contributed by atoms with Gasteiger partial charge in [0.2, 0.25) is 0 Å². The first kappa shape index (κ1) is 14.4. The van der Waals surface area contributed by atoms with E-state index in [4.69, 9.17) is 4.98 Å². The van der Waals surface area contributed by atoms with Crippen molar-refractivity contribution in [1.29, 1.82) is 0 Å². The predicted molar refractivity (Wildman–Crippen MR) is 97.0 cm³/mol. The number of hydrogen-bond donors (Lipinski definition) is 0. The number of benzene rings is 1. The second kappa shape index (κ2) is 5.17. The summed E-state index contributed by atoms with van der Waals surface area (Å²) in [5.41, 5.74) is 4.75. The van der Waals surface area contributed by atoms with E-state index in [9.17, 15) is 4.79 Å². The largest absolute Gasteiger partial charge is 0.292 e. The Balaban J connectivity index is 1.92. The summed E-state index contributed by atoms with van der Waals surface area (Å²) in [6.45, 7) is 6.89. The highest BCUT2D eigenvalue weighted by molar-refractivity contribution is 7.18. The molecule has 4 rings (SSSR count). The molecule has 0 N–H and O–H groups in total. The van der Waals surface area contributed by atoms with Crippen molar-refractivity contribution in [2.75, 3.05) is 0 Å². The molecule has 0 radical (unpaired) electrons. The molecule has 3 aromatic rings. The molecular formula is C19H18N2OS. The van der Waals surface area contributed by atoms with Crippen LogP contribution in [0.15, 0.2) is 29.1 Å². The number of hydrogen-bond acceptors (Lipinski definition) is 3. The van der Waals surface area contributed by atoms with Crippen LogP contribution in [0, 0.1) is 20.8 Å². The monoisotopic (exact) mass is 322 g/mol. The summed E-state index contributed by atoms with van der Waals surface area (Å²) in [6, 6.07) is 8.41. The molecule has 0 bridgehead atoms. The lowest BCUT2D eigenvalue weighted by Crippen LogP contribution is -2.20. The summed E-state index contributed by atoms with van der Waals surface area (Å²) >= 11 is 1.62. The van der Waals surface area contributed by atoms with Gasteiger partial charge in [-0.15, -0.1) is 11.3 Å². The normalized spacial score (nSPS) is 15.5. The maximum Gasteiger partial charge on any atom is 0.262 e. The number of rotatable bonds is 1. The lowest BCUT2D eigenvalue weighted by molar-refractivity contribution is 0.726. The minimum atomic E-state index is 0.111. The predicted octanol–water partition coefficient (Wildman–Crippen LogP) is 4.33. The van der Waals surface area contributed by atoms with Crippen molar-refractivity contribution < 1.29 is 0 Å². The average Bonchev–Trinajstić information content (AvgIpc) is 3.02. The third kappa shape index (κ3) is 2.25. The molecule has 1 aliphatic rings. The van der Waals surface area contributed by atoms with E-state index in [1.54, 1.807) is 11.3 Å². The van der Waals surface area contributed by atoms with Gasteiger partial charge in [0.05, 0.1) is 5.39 Å². The zero-order valence-electron chi connectivity index (χ0n) is 13.5. The minimum Gasteiger partial charge on any atom is -0.292 e. The Hall–Kier alpha value is -2.20. The van der Waals surface area contributed by atoms with Crippen LogP contribution in [0.5, 0.6) is 0 Å². The van der Waals surface area contributed by atoms with E-state index in [1.165, 1.54) is 16.0 Å². The maximum atomic E-state index is 12.8. The van der Waals surface area contributed by atoms with Crippen molar-refractivity contribution in [2.24, 2.45) is 0 Å². The Morgan fingerprint density at radius 2 is 2.09 bits per heavy atom. The lowest BCUT2D eigenvalue weighted by Gasteiger charge is -2.04. The van der Waals surface area contributed by atoms with Crippen LogP contribution < -0.4 is 5.56 Å². The van der Waals surface area contributed by atoms with Crippen LogP contribution in [-0.2, 0) is 6.54 Å². The van der Waals surface area contributed by atoms with Gasteiger partial charge in [-0.3, -0.25) is 9.36 Å². The fraction of sp³-hybridized carbons (Fsp3) is 0.263. The van der Waals surface area contributed by atoms with Gasteiger partial charge in [0, 0.05) is 11.4 Å². The number of allylic oxidation sites excluding steroid dienone is 1. The molecule has 3 nitrogen and oxygen atoms in total. The molecular weight excluding hydrogens is 304 g/mol. The van der Waals surface area contributed by atoms with Crippen LogP contribution in [0.4, 0.5) is 0 Å². The fourth-order valence-corrected chi connectivity index (χ4v) is 4.24. The van der Waals surface area contributed by atoms with E-state index in [-0.39, 0.29) is 5.56 Å². The molecule has 0 aliphatic carbocycles. The highest BCUT2D eigenvalue weighted by Gasteiger charge is 2.23. The quantitative estimate of drug-likeness (QED) is 0.668. The number of fused-ring (bicyclic) bond motifs is 2. The molecule has 0 fully saturated rings. The summed E-state index contributed by atoms with van der Waals surface area (Å²) in [4.78, 5) is 19.7. The Morgan fingerprint density at radius 1 is 1.26 bits per heavy atom. The third-order valence-electron chi connectivity index (χ3n) is 4.56. The first-order valence-corrected chi connectivity index (χ1v) is 8.64. The highest BCUT2D eigenvalue weighted by Crippen LogP contribution is 2.31. The first-order valence-electron chi connectivity index (χ1n) is 7.83. The van der Waals surface area contributed by atoms with Crippen molar-refractivity contribution in [3.63, 3.8) is 0 Å². The maximum absolute atomic E-state index is 12.8. The van der Waals surface area contributed by atoms with Crippen LogP contribution in [0.25, 0.3) is 21.9 Å². The molecule has 23 heavy (non-hydrogen) atoms. The van der Waals surface area contributed by atoms with Crippen molar-refractivity contribution in [3.8, 4) is 0 Å². The minimum absolute atomic E-state index is 0.111. The zero-order chi connectivity index (χ0) is 16.1. The SMILES string of the molecule is Cc1cccc(C=C2CCn3c2nc2sc(C)c(C)c2c3=O)c1. The smallest absolute Gasteiger partial charge is 0.262 e. The zero-order valence-corrected chi connectivity index (χ0v) is 14.3. The second-order valence-corrected chi connectivity index (χ2v) is 7.39. The molecule has 0 atom stereocenters. The molecule has 1 aromatic carbocycles. The van der Waals surface area contributed by atoms with Gasteiger partial charge in [0.1, 0.15) is 10.7 Å². The molecule has 4 heteroatoms. The topological polar surface area (TPSA) is 34.9 Å². The summed E-state index contributed by atoms with van der Waals surface area (Å²) < 4.78 is 1.84. The van der Waals surface area contributed by atoms with Gasteiger partial charge >= 0.3 is 0 Å². The van der Waals surface area contributed by atoms with E-state index < -0.39 is 0 Å². The Morgan fingerprint density at radius 3 is 2.87 bits per heavy atom. The Bertz CT molecular complexity index is 1020. The number of thiophene rings is 1. The van der Waals surface area contributed by atoms with E-state index in [1.807, 2.05) is 11.5 Å². The molecule has 0 spiro atoms. The van der Waals surface area contributed by atoms with Crippen LogP contribution in [0.3, 0.4) is 0 Å². The number of aromatic nitrogens is 2. The van der Waals surface area contributed by atoms with Gasteiger partial charge in [-0.05, 0) is 50.0 Å². The molecule has 0 saturated heterocycles. The van der Waals surface area contributed by atoms with E-state index in [2.05, 4.69) is 44.2 Å². The summed E-state index contributed by atoms with van der Waals surface area (Å²) in [7, 11) is 0. The van der Waals surface area contributed by atoms with Crippen LogP contribution in [0.1, 0.15) is 33.8 Å². The van der Waals surface area contributed by atoms with Gasteiger partial charge in [-0.2, -0.15) is 0 Å². The van der Waals surface area contributed by atoms with E-state index >= 15 is 0 Å². The average molecular weight is 322 g/mol. The molecule has 3 heterocycles. The third-order valence-corrected chi connectivity index (χ3v) is 5.66. The van der Waals surface area contributed by atoms with Crippen LogP contribution in [-0.4, -0.2) is 9.55 Å². The van der Waals surface area contributed by atoms with Gasteiger partial charge in [0.25, 0.3) is 5.56 Å². The van der Waals surface area contributed by atoms with E-state index in [0.29, 0.717) is 0 Å². The molecule has 0 unspecified atom stereocenters. The fourth-order valence-electron chi connectivity index (χ4n) is 3.22. The van der Waals surface area contributed by atoms with Crippen LogP contribution >= 0.6 is 11.3 Å². The second-order valence-electron chi connectivity index (χ2n) is 6.19. The Labute approximate surface area is 138 Å². The van der Waals surface area contributed by atoms with Crippen molar-refractivity contribution in [1.82, 2.24) is 9.55 Å². The summed E-state index contributed by atoms with van der Waals surface area (Å²) in [5.74, 6) is 0.838. The molecule has 2 aromatic heterocycles. The van der Waals surface area contributed by atoms with Crippen molar-refractivity contribution in [2.45, 2.75) is 33.7 Å². The highest BCUT2D eigenvalue weighted by atomic mass is 32.1. The van der Waals surface area contributed by atoms with Gasteiger partial charge in [0.15, 0.2) is 0 Å². The first-order chi connectivity index (χ1) is 11.0. The molecule has 0 amide bonds. The standard InChI is InChI=1S/C19H18N2OS/c1-11-5-4-6-14(9-11)10-15-7-8-21-17(15)20-18-16(19(21)22)12(2)13(3)23-18/h4-6,9-10H,7-8H2,1-3H3. The molecule has 116 valence electrons. The summed E-state index contributed by atoms with van der Waals surface area (Å²) in [6.07, 6.45) is 3.03. The Kier molecular flexibility index (Phi) is 3.23.